The second kappa shape index (κ2) is 10.9. The van der Waals surface area contributed by atoms with Gasteiger partial charge in [0, 0.05) is 17.3 Å². The summed E-state index contributed by atoms with van der Waals surface area (Å²) in [7, 11) is 0. The molecule has 0 N–H and O–H groups in total. The molecule has 192 valence electrons. The summed E-state index contributed by atoms with van der Waals surface area (Å²) in [5, 5.41) is 9.27. The average molecular weight is 532 g/mol. The van der Waals surface area contributed by atoms with Crippen LogP contribution in [-0.4, -0.2) is 31.0 Å². The van der Waals surface area contributed by atoms with E-state index in [0.717, 1.165) is 40.2 Å². The van der Waals surface area contributed by atoms with Gasteiger partial charge in [0.25, 0.3) is 5.56 Å². The van der Waals surface area contributed by atoms with E-state index in [2.05, 4.69) is 17.0 Å². The molecule has 0 amide bonds. The van der Waals surface area contributed by atoms with Crippen molar-refractivity contribution in [1.82, 2.24) is 24.4 Å². The SMILES string of the molecule is CCCOc1ccc(/C=C/c2nc3s/c(=C\c4cn(-c5ccccc5)nc4-c4ccccc4)c(=O)n3n2)cc1. The molecule has 3 aromatic carbocycles. The summed E-state index contributed by atoms with van der Waals surface area (Å²) in [5.74, 6) is 1.33. The maximum absolute atomic E-state index is 13.2. The fourth-order valence-corrected chi connectivity index (χ4v) is 5.06. The van der Waals surface area contributed by atoms with Crippen LogP contribution in [0.15, 0.2) is 95.9 Å². The molecule has 0 fully saturated rings. The van der Waals surface area contributed by atoms with E-state index in [1.54, 1.807) is 0 Å². The lowest BCUT2D eigenvalue weighted by molar-refractivity contribution is 0.317. The van der Waals surface area contributed by atoms with Crippen molar-refractivity contribution in [3.05, 3.63) is 123 Å². The Hall–Kier alpha value is -4.82. The van der Waals surface area contributed by atoms with Gasteiger partial charge < -0.3 is 4.74 Å². The first-order chi connectivity index (χ1) is 19.2. The van der Waals surface area contributed by atoms with Crippen molar-refractivity contribution in [3.8, 4) is 22.7 Å². The van der Waals surface area contributed by atoms with Gasteiger partial charge in [-0.1, -0.05) is 85.0 Å². The molecule has 0 bridgehead atoms. The van der Waals surface area contributed by atoms with Crippen LogP contribution >= 0.6 is 11.3 Å². The van der Waals surface area contributed by atoms with Crippen LogP contribution in [0, 0.1) is 0 Å². The Balaban J connectivity index is 1.32. The Labute approximate surface area is 229 Å². The van der Waals surface area contributed by atoms with E-state index in [4.69, 9.17) is 9.84 Å². The molecule has 0 atom stereocenters. The maximum Gasteiger partial charge on any atom is 0.291 e. The first-order valence-electron chi connectivity index (χ1n) is 12.7. The minimum absolute atomic E-state index is 0.203. The third-order valence-electron chi connectivity index (χ3n) is 6.07. The molecule has 6 rings (SSSR count). The average Bonchev–Trinajstić information content (AvgIpc) is 3.67. The topological polar surface area (TPSA) is 74.3 Å². The maximum atomic E-state index is 13.2. The number of para-hydroxylation sites is 1. The molecule has 6 aromatic rings. The summed E-state index contributed by atoms with van der Waals surface area (Å²) in [6.07, 6.45) is 8.51. The van der Waals surface area contributed by atoms with Gasteiger partial charge in [-0.05, 0) is 48.4 Å². The zero-order valence-electron chi connectivity index (χ0n) is 21.3. The minimum atomic E-state index is -0.203. The largest absolute Gasteiger partial charge is 0.494 e. The van der Waals surface area contributed by atoms with Crippen molar-refractivity contribution in [2.45, 2.75) is 13.3 Å². The van der Waals surface area contributed by atoms with E-state index in [1.165, 1.54) is 15.9 Å². The third kappa shape index (κ3) is 5.28. The highest BCUT2D eigenvalue weighted by Gasteiger charge is 2.13. The molecule has 3 aromatic heterocycles. The molecule has 3 heterocycles. The lowest BCUT2D eigenvalue weighted by Crippen LogP contribution is -2.23. The van der Waals surface area contributed by atoms with Crippen molar-refractivity contribution < 1.29 is 4.74 Å². The number of thiazole rings is 1. The quantitative estimate of drug-likeness (QED) is 0.259. The summed E-state index contributed by atoms with van der Waals surface area (Å²) in [5.41, 5.74) is 4.36. The molecular weight excluding hydrogens is 506 g/mol. The van der Waals surface area contributed by atoms with Crippen molar-refractivity contribution in [1.29, 1.82) is 0 Å². The second-order valence-electron chi connectivity index (χ2n) is 8.91. The molecule has 0 aliphatic carbocycles. The summed E-state index contributed by atoms with van der Waals surface area (Å²) in [6.45, 7) is 2.78. The van der Waals surface area contributed by atoms with E-state index in [-0.39, 0.29) is 5.56 Å². The molecule has 7 nitrogen and oxygen atoms in total. The minimum Gasteiger partial charge on any atom is -0.494 e. The predicted molar refractivity (Wildman–Crippen MR) is 156 cm³/mol. The van der Waals surface area contributed by atoms with Gasteiger partial charge in [0.15, 0.2) is 5.82 Å². The van der Waals surface area contributed by atoms with Crippen LogP contribution in [-0.2, 0) is 0 Å². The van der Waals surface area contributed by atoms with Crippen LogP contribution in [0.3, 0.4) is 0 Å². The Bertz CT molecular complexity index is 1850. The monoisotopic (exact) mass is 531 g/mol. The van der Waals surface area contributed by atoms with Crippen LogP contribution in [0.4, 0.5) is 0 Å². The number of hydrogen-bond acceptors (Lipinski definition) is 6. The van der Waals surface area contributed by atoms with Crippen molar-refractivity contribution in [3.63, 3.8) is 0 Å². The first-order valence-corrected chi connectivity index (χ1v) is 13.5. The van der Waals surface area contributed by atoms with E-state index >= 15 is 0 Å². The van der Waals surface area contributed by atoms with Gasteiger partial charge in [0.1, 0.15) is 5.75 Å². The normalized spacial score (nSPS) is 12.1. The Morgan fingerprint density at radius 2 is 1.64 bits per heavy atom. The molecular formula is C31H25N5O2S. The zero-order valence-corrected chi connectivity index (χ0v) is 22.1. The molecule has 0 aliphatic rings. The van der Waals surface area contributed by atoms with Gasteiger partial charge in [0.2, 0.25) is 4.96 Å². The Morgan fingerprint density at radius 1 is 0.897 bits per heavy atom. The number of hydrogen-bond donors (Lipinski definition) is 0. The first kappa shape index (κ1) is 24.5. The third-order valence-corrected chi connectivity index (χ3v) is 7.03. The summed E-state index contributed by atoms with van der Waals surface area (Å²) >= 11 is 1.31. The molecule has 0 unspecified atom stereocenters. The molecule has 0 saturated carbocycles. The Morgan fingerprint density at radius 3 is 2.36 bits per heavy atom. The van der Waals surface area contributed by atoms with E-state index in [9.17, 15) is 4.79 Å². The smallest absolute Gasteiger partial charge is 0.291 e. The van der Waals surface area contributed by atoms with Crippen LogP contribution in [0.25, 0.3) is 40.1 Å². The fourth-order valence-electron chi connectivity index (χ4n) is 4.15. The van der Waals surface area contributed by atoms with Crippen LogP contribution < -0.4 is 14.8 Å². The van der Waals surface area contributed by atoms with Crippen LogP contribution in [0.2, 0.25) is 0 Å². The number of nitrogens with zero attached hydrogens (tertiary/aromatic N) is 5. The molecule has 39 heavy (non-hydrogen) atoms. The van der Waals surface area contributed by atoms with Crippen molar-refractivity contribution in [2.75, 3.05) is 6.61 Å². The lowest BCUT2D eigenvalue weighted by Gasteiger charge is -2.03. The van der Waals surface area contributed by atoms with Crippen LogP contribution in [0.1, 0.15) is 30.3 Å². The number of rotatable bonds is 8. The summed E-state index contributed by atoms with van der Waals surface area (Å²) < 4.78 is 9.38. The number of benzene rings is 3. The fraction of sp³-hybridized carbons (Fsp3) is 0.0968. The highest BCUT2D eigenvalue weighted by Crippen LogP contribution is 2.24. The van der Waals surface area contributed by atoms with E-state index in [1.807, 2.05) is 114 Å². The number of ether oxygens (including phenoxy) is 1. The standard InChI is InChI=1S/C31H25N5O2S/c1-2-19-38-26-16-13-22(14-17-26)15-18-28-32-31-36(33-28)30(37)27(39-31)20-24-21-35(25-11-7-4-8-12-25)34-29(24)23-9-5-3-6-10-23/h3-18,20-21H,2,19H2,1H3/b18-15+,27-20-. The predicted octanol–water partition coefficient (Wildman–Crippen LogP) is 5.51. The van der Waals surface area contributed by atoms with Gasteiger partial charge in [-0.25, -0.2) is 4.68 Å². The number of aromatic nitrogens is 5. The van der Waals surface area contributed by atoms with Crippen molar-refractivity contribution >= 4 is 34.5 Å². The number of fused-ring (bicyclic) bond motifs is 1. The molecule has 0 aliphatic heterocycles. The second-order valence-corrected chi connectivity index (χ2v) is 9.92. The van der Waals surface area contributed by atoms with Gasteiger partial charge in [0.05, 0.1) is 22.5 Å². The van der Waals surface area contributed by atoms with Gasteiger partial charge in [-0.15, -0.1) is 5.10 Å². The summed E-state index contributed by atoms with van der Waals surface area (Å²) in [4.78, 5) is 18.4. The molecule has 0 spiro atoms. The van der Waals surface area contributed by atoms with Gasteiger partial charge in [-0.3, -0.25) is 4.79 Å². The summed E-state index contributed by atoms with van der Waals surface area (Å²) in [6, 6.07) is 27.7. The van der Waals surface area contributed by atoms with Crippen molar-refractivity contribution in [2.24, 2.45) is 0 Å². The highest BCUT2D eigenvalue weighted by atomic mass is 32.1. The van der Waals surface area contributed by atoms with Gasteiger partial charge in [-0.2, -0.15) is 14.6 Å². The Kier molecular flexibility index (Phi) is 6.84. The zero-order chi connectivity index (χ0) is 26.6. The van der Waals surface area contributed by atoms with Crippen LogP contribution in [0.5, 0.6) is 5.75 Å². The molecule has 0 saturated heterocycles. The lowest BCUT2D eigenvalue weighted by atomic mass is 10.1. The molecule has 8 heteroatoms. The highest BCUT2D eigenvalue weighted by molar-refractivity contribution is 7.15. The van der Waals surface area contributed by atoms with Gasteiger partial charge >= 0.3 is 0 Å². The van der Waals surface area contributed by atoms with E-state index in [0.29, 0.717) is 21.9 Å². The molecule has 0 radical (unpaired) electrons. The van der Waals surface area contributed by atoms with E-state index < -0.39 is 0 Å².